The maximum absolute atomic E-state index is 13.5. The highest BCUT2D eigenvalue weighted by Gasteiger charge is 2.28. The lowest BCUT2D eigenvalue weighted by atomic mass is 10.1. The number of carbonyl (C=O) groups excluding carboxylic acids is 1. The van der Waals surface area contributed by atoms with Crippen molar-refractivity contribution < 1.29 is 9.53 Å². The maximum atomic E-state index is 13.5. The van der Waals surface area contributed by atoms with Crippen molar-refractivity contribution in [3.63, 3.8) is 0 Å². The molecule has 1 atom stereocenters. The van der Waals surface area contributed by atoms with Gasteiger partial charge in [-0.2, -0.15) is 4.98 Å². The number of anilines is 3. The van der Waals surface area contributed by atoms with Crippen LogP contribution in [0, 0.1) is 0 Å². The number of nitrogens with one attached hydrogen (secondary N) is 1. The van der Waals surface area contributed by atoms with Crippen LogP contribution in [0.1, 0.15) is 28.9 Å². The summed E-state index contributed by atoms with van der Waals surface area (Å²) in [5.74, 6) is 1.77. The topological polar surface area (TPSA) is 73.8 Å². The zero-order valence-corrected chi connectivity index (χ0v) is 20.2. The van der Waals surface area contributed by atoms with Crippen LogP contribution in [0.15, 0.2) is 60.8 Å². The summed E-state index contributed by atoms with van der Waals surface area (Å²) in [6.07, 6.45) is 1.48. The number of benzene rings is 2. The van der Waals surface area contributed by atoms with Crippen LogP contribution in [0.3, 0.4) is 0 Å². The van der Waals surface area contributed by atoms with Crippen molar-refractivity contribution in [1.29, 1.82) is 0 Å². The zero-order chi connectivity index (χ0) is 24.1. The standard InChI is InChI=1S/C26H32N6O2/c1-5-27-26-28-17-22-24(29-26)31(4)14-15-32(25(22)33)20-12-9-13-21(16-20)34-23(18-30(2)3)19-10-7-6-8-11-19/h6-13,16-17,23H,5,14-15,18H2,1-4H3,(H,27,28,29). The lowest BCUT2D eigenvalue weighted by Crippen LogP contribution is -2.33. The van der Waals surface area contributed by atoms with Gasteiger partial charge < -0.3 is 24.8 Å². The molecule has 1 aliphatic heterocycles. The first-order valence-corrected chi connectivity index (χ1v) is 11.6. The van der Waals surface area contributed by atoms with Crippen LogP contribution >= 0.6 is 0 Å². The van der Waals surface area contributed by atoms with Gasteiger partial charge in [0, 0.05) is 51.2 Å². The second kappa shape index (κ2) is 10.5. The van der Waals surface area contributed by atoms with Gasteiger partial charge >= 0.3 is 0 Å². The van der Waals surface area contributed by atoms with Crippen molar-refractivity contribution in [1.82, 2.24) is 14.9 Å². The van der Waals surface area contributed by atoms with E-state index >= 15 is 0 Å². The summed E-state index contributed by atoms with van der Waals surface area (Å²) in [5, 5.41) is 3.12. The van der Waals surface area contributed by atoms with E-state index in [2.05, 4.69) is 32.3 Å². The van der Waals surface area contributed by atoms with Gasteiger partial charge in [0.15, 0.2) is 0 Å². The van der Waals surface area contributed by atoms with Crippen molar-refractivity contribution >= 4 is 23.4 Å². The normalized spacial score (nSPS) is 14.6. The first kappa shape index (κ1) is 23.5. The summed E-state index contributed by atoms with van der Waals surface area (Å²) < 4.78 is 6.42. The Kier molecular flexibility index (Phi) is 7.27. The average molecular weight is 461 g/mol. The molecule has 1 N–H and O–H groups in total. The van der Waals surface area contributed by atoms with E-state index in [1.165, 1.54) is 0 Å². The van der Waals surface area contributed by atoms with E-state index in [9.17, 15) is 4.79 Å². The van der Waals surface area contributed by atoms with Crippen molar-refractivity contribution in [3.05, 3.63) is 71.9 Å². The Balaban J connectivity index is 1.61. The predicted octanol–water partition coefficient (Wildman–Crippen LogP) is 3.69. The van der Waals surface area contributed by atoms with Crippen molar-refractivity contribution in [2.75, 3.05) is 62.4 Å². The summed E-state index contributed by atoms with van der Waals surface area (Å²) >= 11 is 0. The molecule has 0 saturated heterocycles. The summed E-state index contributed by atoms with van der Waals surface area (Å²) in [5.41, 5.74) is 2.38. The monoisotopic (exact) mass is 460 g/mol. The Morgan fingerprint density at radius 1 is 1.12 bits per heavy atom. The number of carbonyl (C=O) groups is 1. The number of ether oxygens (including phenoxy) is 1. The molecule has 0 spiro atoms. The minimum absolute atomic E-state index is 0.118. The minimum Gasteiger partial charge on any atom is -0.484 e. The molecule has 1 aliphatic rings. The van der Waals surface area contributed by atoms with Gasteiger partial charge in [-0.1, -0.05) is 36.4 Å². The van der Waals surface area contributed by atoms with E-state index in [-0.39, 0.29) is 12.0 Å². The Morgan fingerprint density at radius 3 is 2.65 bits per heavy atom. The van der Waals surface area contributed by atoms with Crippen molar-refractivity contribution in [2.45, 2.75) is 13.0 Å². The van der Waals surface area contributed by atoms with Gasteiger partial charge in [-0.15, -0.1) is 0 Å². The fraction of sp³-hybridized carbons (Fsp3) is 0.346. The third kappa shape index (κ3) is 5.28. The number of likely N-dealkylation sites (N-methyl/N-ethyl adjacent to an activating group) is 2. The van der Waals surface area contributed by atoms with Crippen LogP contribution in [-0.4, -0.2) is 68.1 Å². The Morgan fingerprint density at radius 2 is 1.91 bits per heavy atom. The van der Waals surface area contributed by atoms with E-state index in [0.717, 1.165) is 23.5 Å². The molecule has 34 heavy (non-hydrogen) atoms. The minimum atomic E-state index is -0.129. The third-order valence-corrected chi connectivity index (χ3v) is 5.71. The average Bonchev–Trinajstić information content (AvgIpc) is 2.96. The second-order valence-electron chi connectivity index (χ2n) is 8.62. The summed E-state index contributed by atoms with van der Waals surface area (Å²) in [6, 6.07) is 17.9. The first-order chi connectivity index (χ1) is 16.5. The van der Waals surface area contributed by atoms with Crippen LogP contribution in [0.5, 0.6) is 5.75 Å². The number of amides is 1. The van der Waals surface area contributed by atoms with Crippen LogP contribution in [0.4, 0.5) is 17.5 Å². The van der Waals surface area contributed by atoms with Gasteiger partial charge in [-0.3, -0.25) is 4.79 Å². The molecule has 0 aliphatic carbocycles. The third-order valence-electron chi connectivity index (χ3n) is 5.71. The number of rotatable bonds is 8. The highest BCUT2D eigenvalue weighted by molar-refractivity contribution is 6.09. The van der Waals surface area contributed by atoms with Gasteiger partial charge in [-0.05, 0) is 38.7 Å². The lowest BCUT2D eigenvalue weighted by molar-refractivity contribution is 0.0989. The number of nitrogens with zero attached hydrogens (tertiary/aromatic N) is 5. The molecule has 0 fully saturated rings. The number of hydrogen-bond acceptors (Lipinski definition) is 7. The van der Waals surface area contributed by atoms with Crippen molar-refractivity contribution in [3.8, 4) is 5.75 Å². The van der Waals surface area contributed by atoms with Gasteiger partial charge in [-0.25, -0.2) is 4.98 Å². The van der Waals surface area contributed by atoms with Gasteiger partial charge in [0.1, 0.15) is 23.2 Å². The number of hydrogen-bond donors (Lipinski definition) is 1. The lowest BCUT2D eigenvalue weighted by Gasteiger charge is -2.25. The summed E-state index contributed by atoms with van der Waals surface area (Å²) in [7, 11) is 6.01. The molecule has 2 heterocycles. The largest absolute Gasteiger partial charge is 0.484 e. The maximum Gasteiger partial charge on any atom is 0.263 e. The molecule has 1 amide bonds. The molecule has 2 aromatic carbocycles. The molecule has 1 aromatic heterocycles. The molecule has 178 valence electrons. The Labute approximate surface area is 201 Å². The summed E-state index contributed by atoms with van der Waals surface area (Å²) in [6.45, 7) is 4.63. The van der Waals surface area contributed by atoms with Crippen LogP contribution in [-0.2, 0) is 0 Å². The Hall–Kier alpha value is -3.65. The molecule has 1 unspecified atom stereocenters. The number of fused-ring (bicyclic) bond motifs is 1. The van der Waals surface area contributed by atoms with E-state index in [1.807, 2.05) is 75.4 Å². The second-order valence-corrected chi connectivity index (χ2v) is 8.62. The highest BCUT2D eigenvalue weighted by atomic mass is 16.5. The highest BCUT2D eigenvalue weighted by Crippen LogP contribution is 2.30. The first-order valence-electron chi connectivity index (χ1n) is 11.6. The van der Waals surface area contributed by atoms with Gasteiger partial charge in [0.2, 0.25) is 5.95 Å². The molecule has 0 bridgehead atoms. The quantitative estimate of drug-likeness (QED) is 0.550. The molecule has 4 rings (SSSR count). The van der Waals surface area contributed by atoms with Crippen LogP contribution in [0.25, 0.3) is 0 Å². The molecule has 0 radical (unpaired) electrons. The van der Waals surface area contributed by atoms with Gasteiger partial charge in [0.25, 0.3) is 5.91 Å². The van der Waals surface area contributed by atoms with E-state index in [4.69, 9.17) is 4.74 Å². The Bertz CT molecular complexity index is 1120. The molecular weight excluding hydrogens is 428 g/mol. The SMILES string of the molecule is CCNc1ncc2c(n1)N(C)CCN(c1cccc(OC(CN(C)C)c3ccccc3)c1)C2=O. The molecular formula is C26H32N6O2. The molecule has 0 saturated carbocycles. The predicted molar refractivity (Wildman–Crippen MR) is 136 cm³/mol. The van der Waals surface area contributed by atoms with E-state index in [1.54, 1.807) is 11.1 Å². The van der Waals surface area contributed by atoms with Crippen molar-refractivity contribution in [2.24, 2.45) is 0 Å². The fourth-order valence-electron chi connectivity index (χ4n) is 4.01. The van der Waals surface area contributed by atoms with E-state index in [0.29, 0.717) is 37.0 Å². The molecule has 3 aromatic rings. The number of aromatic nitrogens is 2. The summed E-state index contributed by atoms with van der Waals surface area (Å²) in [4.78, 5) is 28.3. The smallest absolute Gasteiger partial charge is 0.263 e. The van der Waals surface area contributed by atoms with Crippen LogP contribution < -0.4 is 19.9 Å². The fourth-order valence-corrected chi connectivity index (χ4v) is 4.01. The van der Waals surface area contributed by atoms with Gasteiger partial charge in [0.05, 0.1) is 0 Å². The molecule has 8 nitrogen and oxygen atoms in total. The zero-order valence-electron chi connectivity index (χ0n) is 20.2. The van der Waals surface area contributed by atoms with E-state index < -0.39 is 0 Å². The molecule has 8 heteroatoms. The van der Waals surface area contributed by atoms with Crippen LogP contribution in [0.2, 0.25) is 0 Å².